The lowest BCUT2D eigenvalue weighted by atomic mass is 10.1. The molecule has 3 rings (SSSR count). The molecule has 0 aliphatic heterocycles. The van der Waals surface area contributed by atoms with Crippen LogP contribution in [-0.4, -0.2) is 45.5 Å². The van der Waals surface area contributed by atoms with Crippen molar-refractivity contribution in [3.63, 3.8) is 0 Å². The van der Waals surface area contributed by atoms with Gasteiger partial charge in [0.25, 0.3) is 5.91 Å². The van der Waals surface area contributed by atoms with E-state index in [0.717, 1.165) is 5.56 Å². The van der Waals surface area contributed by atoms with E-state index >= 15 is 0 Å². The zero-order chi connectivity index (χ0) is 20.5. The highest BCUT2D eigenvalue weighted by Gasteiger charge is 2.29. The number of hydrogen-bond donors (Lipinski definition) is 1. The van der Waals surface area contributed by atoms with Crippen LogP contribution in [0.4, 0.5) is 13.2 Å². The lowest BCUT2D eigenvalue weighted by molar-refractivity contribution is -0.154. The molecule has 28 heavy (non-hydrogen) atoms. The summed E-state index contributed by atoms with van der Waals surface area (Å²) in [7, 11) is 1.52. The van der Waals surface area contributed by atoms with Crippen LogP contribution in [0, 0.1) is 6.92 Å². The number of nitrogens with one attached hydrogen (secondary N) is 1. The van der Waals surface area contributed by atoms with Gasteiger partial charge < -0.3 is 10.1 Å². The van der Waals surface area contributed by atoms with Crippen molar-refractivity contribution in [2.75, 3.05) is 13.7 Å². The normalized spacial score (nSPS) is 12.8. The predicted molar refractivity (Wildman–Crippen MR) is 95.3 cm³/mol. The molecule has 3 heterocycles. The Morgan fingerprint density at radius 3 is 2.75 bits per heavy atom. The van der Waals surface area contributed by atoms with Gasteiger partial charge in [-0.25, -0.2) is 4.98 Å². The van der Waals surface area contributed by atoms with Crippen LogP contribution < -0.4 is 10.1 Å². The number of aromatic nitrogens is 4. The number of ether oxygens (including phenoxy) is 1. The third-order valence-electron chi connectivity index (χ3n) is 4.20. The van der Waals surface area contributed by atoms with Crippen LogP contribution >= 0.6 is 0 Å². The third-order valence-corrected chi connectivity index (χ3v) is 4.20. The van der Waals surface area contributed by atoms with Crippen molar-refractivity contribution in [1.29, 1.82) is 0 Å². The first-order chi connectivity index (χ1) is 13.2. The summed E-state index contributed by atoms with van der Waals surface area (Å²) >= 11 is 0. The maximum absolute atomic E-state index is 12.3. The summed E-state index contributed by atoms with van der Waals surface area (Å²) in [5.41, 5.74) is 2.09. The van der Waals surface area contributed by atoms with Crippen LogP contribution in [0.15, 0.2) is 30.7 Å². The van der Waals surface area contributed by atoms with Crippen LogP contribution in [0.3, 0.4) is 0 Å². The van der Waals surface area contributed by atoms with Gasteiger partial charge in [0, 0.05) is 31.2 Å². The van der Waals surface area contributed by atoms with E-state index in [1.165, 1.54) is 19.4 Å². The minimum absolute atomic E-state index is 0.0648. The van der Waals surface area contributed by atoms with Crippen molar-refractivity contribution in [3.8, 4) is 5.88 Å². The fourth-order valence-corrected chi connectivity index (χ4v) is 2.73. The second-order valence-corrected chi connectivity index (χ2v) is 6.25. The van der Waals surface area contributed by atoms with E-state index in [-0.39, 0.29) is 23.5 Å². The molecule has 3 aromatic rings. The highest BCUT2D eigenvalue weighted by Crippen LogP contribution is 2.26. The SMILES string of the molecule is CNC(=O)c1nccc2nn(C(C)c3cnc(OCC(F)(F)F)c(C)c3)cc12. The molecule has 148 valence electrons. The highest BCUT2D eigenvalue weighted by atomic mass is 19.4. The van der Waals surface area contributed by atoms with Crippen LogP contribution in [0.1, 0.15) is 34.6 Å². The number of amides is 1. The number of nitrogens with zero attached hydrogens (tertiary/aromatic N) is 4. The Hall–Kier alpha value is -3.17. The van der Waals surface area contributed by atoms with Gasteiger partial charge in [-0.3, -0.25) is 14.5 Å². The number of aryl methyl sites for hydroxylation is 1. The lowest BCUT2D eigenvalue weighted by Crippen LogP contribution is -2.20. The summed E-state index contributed by atoms with van der Waals surface area (Å²) in [6.07, 6.45) is 0.244. The average Bonchev–Trinajstić information content (AvgIpc) is 3.09. The largest absolute Gasteiger partial charge is 0.468 e. The molecule has 0 aliphatic carbocycles. The van der Waals surface area contributed by atoms with Gasteiger partial charge >= 0.3 is 6.18 Å². The van der Waals surface area contributed by atoms with Gasteiger partial charge in [-0.1, -0.05) is 0 Å². The van der Waals surface area contributed by atoms with Crippen molar-refractivity contribution in [2.24, 2.45) is 0 Å². The van der Waals surface area contributed by atoms with Crippen molar-refractivity contribution < 1.29 is 22.7 Å². The first-order valence-corrected chi connectivity index (χ1v) is 8.41. The Bertz CT molecular complexity index is 1020. The van der Waals surface area contributed by atoms with Gasteiger partial charge in [0.1, 0.15) is 5.69 Å². The van der Waals surface area contributed by atoms with Gasteiger partial charge in [-0.2, -0.15) is 18.3 Å². The molecule has 0 bridgehead atoms. The van der Waals surface area contributed by atoms with Crippen LogP contribution in [0.25, 0.3) is 10.9 Å². The monoisotopic (exact) mass is 393 g/mol. The molecule has 10 heteroatoms. The van der Waals surface area contributed by atoms with Gasteiger partial charge in [0.2, 0.25) is 5.88 Å². The average molecular weight is 393 g/mol. The van der Waals surface area contributed by atoms with Gasteiger partial charge in [-0.15, -0.1) is 0 Å². The first kappa shape index (κ1) is 19.6. The predicted octanol–water partition coefficient (Wildman–Crippen LogP) is 3.04. The molecule has 0 aliphatic rings. The number of carbonyl (C=O) groups excluding carboxylic acids is 1. The summed E-state index contributed by atoms with van der Waals surface area (Å²) in [4.78, 5) is 20.1. The zero-order valence-corrected chi connectivity index (χ0v) is 15.4. The molecule has 1 amide bonds. The number of hydrogen-bond acceptors (Lipinski definition) is 5. The molecule has 1 atom stereocenters. The van der Waals surface area contributed by atoms with Crippen molar-refractivity contribution in [2.45, 2.75) is 26.1 Å². The van der Waals surface area contributed by atoms with E-state index < -0.39 is 12.8 Å². The zero-order valence-electron chi connectivity index (χ0n) is 15.4. The second kappa shape index (κ2) is 7.45. The molecule has 0 saturated carbocycles. The number of rotatable bonds is 5. The number of carbonyl (C=O) groups is 1. The quantitative estimate of drug-likeness (QED) is 0.721. The second-order valence-electron chi connectivity index (χ2n) is 6.25. The Balaban J connectivity index is 1.89. The molecule has 0 radical (unpaired) electrons. The van der Waals surface area contributed by atoms with Gasteiger partial charge in [0.15, 0.2) is 6.61 Å². The fourth-order valence-electron chi connectivity index (χ4n) is 2.73. The van der Waals surface area contributed by atoms with Crippen molar-refractivity contribution >= 4 is 16.8 Å². The van der Waals surface area contributed by atoms with Crippen LogP contribution in [-0.2, 0) is 0 Å². The highest BCUT2D eigenvalue weighted by molar-refractivity contribution is 6.04. The molecule has 0 fully saturated rings. The molecule has 7 nitrogen and oxygen atoms in total. The summed E-state index contributed by atoms with van der Waals surface area (Å²) in [6, 6.07) is 3.13. The van der Waals surface area contributed by atoms with Crippen LogP contribution in [0.5, 0.6) is 5.88 Å². The molecular weight excluding hydrogens is 375 g/mol. The number of halogens is 3. The standard InChI is InChI=1S/C18H18F3N5O2/c1-10-6-12(7-24-17(10)28-9-18(19,20)21)11(2)26-8-13-14(25-26)4-5-23-15(13)16(27)22-3/h4-8,11H,9H2,1-3H3,(H,22,27). The number of fused-ring (bicyclic) bond motifs is 1. The first-order valence-electron chi connectivity index (χ1n) is 8.41. The summed E-state index contributed by atoms with van der Waals surface area (Å²) in [5, 5.41) is 7.61. The Labute approximate surface area is 158 Å². The molecule has 1 N–H and O–H groups in total. The molecule has 0 aromatic carbocycles. The minimum atomic E-state index is -4.42. The van der Waals surface area contributed by atoms with Gasteiger partial charge in [0.05, 0.1) is 16.9 Å². The van der Waals surface area contributed by atoms with E-state index in [2.05, 4.69) is 20.4 Å². The van der Waals surface area contributed by atoms with Crippen molar-refractivity contribution in [3.05, 3.63) is 47.5 Å². The maximum atomic E-state index is 12.3. The van der Waals surface area contributed by atoms with E-state index in [1.807, 2.05) is 6.92 Å². The molecule has 0 spiro atoms. The molecular formula is C18H18F3N5O2. The smallest absolute Gasteiger partial charge is 0.422 e. The molecule has 1 unspecified atom stereocenters. The number of pyridine rings is 2. The summed E-state index contributed by atoms with van der Waals surface area (Å²) < 4.78 is 43.4. The van der Waals surface area contributed by atoms with E-state index in [1.54, 1.807) is 29.9 Å². The number of alkyl halides is 3. The fraction of sp³-hybridized carbons (Fsp3) is 0.333. The molecule has 0 saturated heterocycles. The summed E-state index contributed by atoms with van der Waals surface area (Å²) in [6.45, 7) is 2.10. The Morgan fingerprint density at radius 1 is 1.36 bits per heavy atom. The van der Waals surface area contributed by atoms with E-state index in [0.29, 0.717) is 16.5 Å². The maximum Gasteiger partial charge on any atom is 0.422 e. The van der Waals surface area contributed by atoms with E-state index in [4.69, 9.17) is 4.74 Å². The topological polar surface area (TPSA) is 81.9 Å². The lowest BCUT2D eigenvalue weighted by Gasteiger charge is -2.15. The summed E-state index contributed by atoms with van der Waals surface area (Å²) in [5.74, 6) is -0.383. The third kappa shape index (κ3) is 4.05. The van der Waals surface area contributed by atoms with E-state index in [9.17, 15) is 18.0 Å². The van der Waals surface area contributed by atoms with Gasteiger partial charge in [-0.05, 0) is 31.5 Å². The molecule has 3 aromatic heterocycles. The van der Waals surface area contributed by atoms with Crippen molar-refractivity contribution in [1.82, 2.24) is 25.1 Å². The van der Waals surface area contributed by atoms with Crippen LogP contribution in [0.2, 0.25) is 0 Å². The Morgan fingerprint density at radius 2 is 2.11 bits per heavy atom. The Kier molecular flexibility index (Phi) is 5.21. The minimum Gasteiger partial charge on any atom is -0.468 e.